The van der Waals surface area contributed by atoms with E-state index in [4.69, 9.17) is 0 Å². The van der Waals surface area contributed by atoms with Gasteiger partial charge in [-0.15, -0.1) is 0 Å². The molecule has 1 N–H and O–H groups in total. The summed E-state index contributed by atoms with van der Waals surface area (Å²) < 4.78 is 0. The van der Waals surface area contributed by atoms with Gasteiger partial charge in [0.15, 0.2) is 0 Å². The van der Waals surface area contributed by atoms with Gasteiger partial charge in [-0.25, -0.2) is 0 Å². The molecular weight excluding hydrogens is 232 g/mol. The van der Waals surface area contributed by atoms with Crippen LogP contribution < -0.4 is 5.32 Å². The second kappa shape index (κ2) is 6.64. The molecule has 0 aromatic heterocycles. The maximum Gasteiger partial charge on any atom is 0.224 e. The fourth-order valence-electron chi connectivity index (χ4n) is 2.78. The molecule has 2 rings (SSSR count). The molecule has 4 heteroatoms. The highest BCUT2D eigenvalue weighted by Crippen LogP contribution is 2.22. The molecule has 1 amide bonds. The molecule has 0 bridgehead atoms. The van der Waals surface area contributed by atoms with Crippen LogP contribution in [0.25, 0.3) is 0 Å². The summed E-state index contributed by atoms with van der Waals surface area (Å²) in [5.74, 6) is 2.60. The predicted octanol–water partition coefficient (Wildman–Crippen LogP) is 1.87. The lowest BCUT2D eigenvalue weighted by Gasteiger charge is -2.33. The lowest BCUT2D eigenvalue weighted by Crippen LogP contribution is -2.44. The van der Waals surface area contributed by atoms with Gasteiger partial charge in [0, 0.05) is 43.6 Å². The van der Waals surface area contributed by atoms with Crippen molar-refractivity contribution in [2.45, 2.75) is 50.6 Å². The Labute approximate surface area is 109 Å². The van der Waals surface area contributed by atoms with Gasteiger partial charge in [0.2, 0.25) is 5.91 Å². The molecule has 0 aromatic rings. The molecule has 1 saturated heterocycles. The fraction of sp³-hybridized carbons (Fsp3) is 0.923. The lowest BCUT2D eigenvalue weighted by atomic mass is 9.94. The first-order chi connectivity index (χ1) is 8.27. The molecule has 1 aliphatic carbocycles. The maximum atomic E-state index is 12.2. The highest BCUT2D eigenvalue weighted by Gasteiger charge is 2.24. The minimum atomic E-state index is 0.330. The van der Waals surface area contributed by atoms with Crippen molar-refractivity contribution in [2.75, 3.05) is 25.1 Å². The second-order valence-corrected chi connectivity index (χ2v) is 6.38. The SMILES string of the molecule is CN(C(=O)CC1CSCCN1)C1CCCCC1. The maximum absolute atomic E-state index is 12.2. The van der Waals surface area contributed by atoms with E-state index in [2.05, 4.69) is 5.32 Å². The summed E-state index contributed by atoms with van der Waals surface area (Å²) in [7, 11) is 1.99. The Kier molecular flexibility index (Phi) is 5.16. The first-order valence-corrected chi connectivity index (χ1v) is 7.99. The van der Waals surface area contributed by atoms with Crippen molar-refractivity contribution in [2.24, 2.45) is 0 Å². The molecule has 1 heterocycles. The van der Waals surface area contributed by atoms with E-state index in [1.54, 1.807) is 0 Å². The average Bonchev–Trinajstić information content (AvgIpc) is 2.40. The van der Waals surface area contributed by atoms with Gasteiger partial charge in [0.1, 0.15) is 0 Å². The van der Waals surface area contributed by atoms with E-state index >= 15 is 0 Å². The van der Waals surface area contributed by atoms with Gasteiger partial charge in [0.05, 0.1) is 0 Å². The smallest absolute Gasteiger partial charge is 0.224 e. The molecule has 3 nitrogen and oxygen atoms in total. The second-order valence-electron chi connectivity index (χ2n) is 5.23. The van der Waals surface area contributed by atoms with Crippen LogP contribution in [0.3, 0.4) is 0 Å². The number of hydrogen-bond donors (Lipinski definition) is 1. The van der Waals surface area contributed by atoms with Crippen LogP contribution in [0.4, 0.5) is 0 Å². The minimum Gasteiger partial charge on any atom is -0.343 e. The van der Waals surface area contributed by atoms with Crippen molar-refractivity contribution in [3.05, 3.63) is 0 Å². The summed E-state index contributed by atoms with van der Waals surface area (Å²) in [6.07, 6.45) is 7.02. The van der Waals surface area contributed by atoms with Gasteiger partial charge >= 0.3 is 0 Å². The van der Waals surface area contributed by atoms with Gasteiger partial charge in [-0.3, -0.25) is 4.79 Å². The van der Waals surface area contributed by atoms with Crippen LogP contribution in [0.15, 0.2) is 0 Å². The Hall–Kier alpha value is -0.220. The van der Waals surface area contributed by atoms with Crippen LogP contribution in [0, 0.1) is 0 Å². The highest BCUT2D eigenvalue weighted by atomic mass is 32.2. The fourth-order valence-corrected chi connectivity index (χ4v) is 3.73. The Morgan fingerprint density at radius 3 is 2.76 bits per heavy atom. The van der Waals surface area contributed by atoms with E-state index in [0.717, 1.165) is 12.3 Å². The molecule has 1 saturated carbocycles. The van der Waals surface area contributed by atoms with Crippen molar-refractivity contribution in [3.8, 4) is 0 Å². The highest BCUT2D eigenvalue weighted by molar-refractivity contribution is 7.99. The molecule has 0 spiro atoms. The van der Waals surface area contributed by atoms with Gasteiger partial charge in [0.25, 0.3) is 0 Å². The molecule has 2 aliphatic rings. The van der Waals surface area contributed by atoms with E-state index in [0.29, 0.717) is 24.4 Å². The number of hydrogen-bond acceptors (Lipinski definition) is 3. The number of carbonyl (C=O) groups is 1. The first-order valence-electron chi connectivity index (χ1n) is 6.84. The Morgan fingerprint density at radius 2 is 2.12 bits per heavy atom. The van der Waals surface area contributed by atoms with Crippen molar-refractivity contribution in [1.82, 2.24) is 10.2 Å². The third kappa shape index (κ3) is 3.88. The molecule has 98 valence electrons. The molecule has 1 unspecified atom stereocenters. The van der Waals surface area contributed by atoms with E-state index < -0.39 is 0 Å². The zero-order valence-corrected chi connectivity index (χ0v) is 11.6. The third-order valence-corrected chi connectivity index (χ3v) is 5.07. The van der Waals surface area contributed by atoms with E-state index in [-0.39, 0.29) is 0 Å². The minimum absolute atomic E-state index is 0.330. The monoisotopic (exact) mass is 256 g/mol. The largest absolute Gasteiger partial charge is 0.343 e. The molecule has 1 atom stereocenters. The van der Waals surface area contributed by atoms with Gasteiger partial charge in [-0.1, -0.05) is 19.3 Å². The van der Waals surface area contributed by atoms with Gasteiger partial charge < -0.3 is 10.2 Å². The summed E-state index contributed by atoms with van der Waals surface area (Å²) >= 11 is 1.96. The van der Waals surface area contributed by atoms with Crippen molar-refractivity contribution in [1.29, 1.82) is 0 Å². The van der Waals surface area contributed by atoms with Crippen molar-refractivity contribution in [3.63, 3.8) is 0 Å². The normalized spacial score (nSPS) is 26.8. The van der Waals surface area contributed by atoms with E-state index in [1.807, 2.05) is 23.7 Å². The van der Waals surface area contributed by atoms with Crippen molar-refractivity contribution >= 4 is 17.7 Å². The van der Waals surface area contributed by atoms with Crippen LogP contribution >= 0.6 is 11.8 Å². The standard InChI is InChI=1S/C13H24N2OS/c1-15(12-5-3-2-4-6-12)13(16)9-11-10-17-8-7-14-11/h11-12,14H,2-10H2,1H3. The molecule has 0 radical (unpaired) electrons. The quantitative estimate of drug-likeness (QED) is 0.837. The third-order valence-electron chi connectivity index (χ3n) is 3.94. The van der Waals surface area contributed by atoms with Crippen molar-refractivity contribution < 1.29 is 4.79 Å². The molecule has 17 heavy (non-hydrogen) atoms. The first kappa shape index (κ1) is 13.2. The molecular formula is C13H24N2OS. The summed E-state index contributed by atoms with van der Waals surface area (Å²) in [5.41, 5.74) is 0. The summed E-state index contributed by atoms with van der Waals surface area (Å²) in [6, 6.07) is 0.903. The number of nitrogens with zero attached hydrogens (tertiary/aromatic N) is 1. The van der Waals surface area contributed by atoms with Crippen LogP contribution in [-0.4, -0.2) is 48.0 Å². The molecule has 0 aromatic carbocycles. The predicted molar refractivity (Wildman–Crippen MR) is 73.4 cm³/mol. The van der Waals surface area contributed by atoms with Crippen LogP contribution in [0.2, 0.25) is 0 Å². The summed E-state index contributed by atoms with van der Waals surface area (Å²) in [4.78, 5) is 14.2. The number of carbonyl (C=O) groups excluding carboxylic acids is 1. The number of amides is 1. The van der Waals surface area contributed by atoms with Crippen LogP contribution in [0.1, 0.15) is 38.5 Å². The molecule has 1 aliphatic heterocycles. The number of nitrogens with one attached hydrogen (secondary N) is 1. The summed E-state index contributed by atoms with van der Waals surface area (Å²) in [6.45, 7) is 1.05. The number of thioether (sulfide) groups is 1. The van der Waals surface area contributed by atoms with E-state index in [9.17, 15) is 4.79 Å². The van der Waals surface area contributed by atoms with E-state index in [1.165, 1.54) is 37.9 Å². The Bertz CT molecular complexity index is 248. The van der Waals surface area contributed by atoms with Crippen LogP contribution in [0.5, 0.6) is 0 Å². The van der Waals surface area contributed by atoms with Gasteiger partial charge in [-0.05, 0) is 12.8 Å². The number of rotatable bonds is 3. The Morgan fingerprint density at radius 1 is 1.35 bits per heavy atom. The zero-order valence-electron chi connectivity index (χ0n) is 10.8. The Balaban J connectivity index is 1.77. The lowest BCUT2D eigenvalue weighted by molar-refractivity contribution is -0.133. The topological polar surface area (TPSA) is 32.3 Å². The van der Waals surface area contributed by atoms with Crippen LogP contribution in [-0.2, 0) is 4.79 Å². The van der Waals surface area contributed by atoms with Gasteiger partial charge in [-0.2, -0.15) is 11.8 Å². The molecule has 2 fully saturated rings. The average molecular weight is 256 g/mol. The summed E-state index contributed by atoms with van der Waals surface area (Å²) in [5, 5.41) is 3.44. The zero-order chi connectivity index (χ0) is 12.1.